The smallest absolute Gasteiger partial charge is 0.0728 e. The second-order valence-corrected chi connectivity index (χ2v) is 7.26. The van der Waals surface area contributed by atoms with Gasteiger partial charge in [-0.15, -0.1) is 24.8 Å². The average molecular weight is 396 g/mol. The molecule has 1 saturated heterocycles. The fourth-order valence-electron chi connectivity index (χ4n) is 3.97. The fraction of sp³-hybridized carbons (Fsp3) is 0.667. The minimum absolute atomic E-state index is 0. The summed E-state index contributed by atoms with van der Waals surface area (Å²) < 4.78 is 0. The molecular weight excluding hydrogens is 367 g/mol. The highest BCUT2D eigenvalue weighted by Crippen LogP contribution is 2.41. The molecular formula is C18H29Cl3N2O. The zero-order chi connectivity index (χ0) is 15.4. The van der Waals surface area contributed by atoms with E-state index in [1.54, 1.807) is 0 Å². The summed E-state index contributed by atoms with van der Waals surface area (Å²) >= 11 is 6.21. The van der Waals surface area contributed by atoms with E-state index < -0.39 is 5.60 Å². The van der Waals surface area contributed by atoms with Gasteiger partial charge < -0.3 is 15.3 Å². The molecule has 3 nitrogen and oxygen atoms in total. The molecule has 2 aliphatic rings. The third-order valence-corrected chi connectivity index (χ3v) is 5.50. The maximum absolute atomic E-state index is 11.3. The minimum Gasteiger partial charge on any atom is -0.389 e. The van der Waals surface area contributed by atoms with Crippen molar-refractivity contribution in [3.63, 3.8) is 0 Å². The Bertz CT molecular complexity index is 489. The highest BCUT2D eigenvalue weighted by Gasteiger charge is 2.39. The van der Waals surface area contributed by atoms with Gasteiger partial charge in [-0.05, 0) is 30.5 Å². The van der Waals surface area contributed by atoms with Gasteiger partial charge in [-0.3, -0.25) is 0 Å². The summed E-state index contributed by atoms with van der Waals surface area (Å²) in [5.41, 5.74) is 0.615. The molecule has 0 spiro atoms. The molecule has 2 fully saturated rings. The van der Waals surface area contributed by atoms with Crippen LogP contribution in [-0.2, 0) is 0 Å². The SMILES string of the molecule is Cl.Cl.OC1([C@@H](CN2CCNCC2)c2cccc(Cl)c2)CCCCC1. The summed E-state index contributed by atoms with van der Waals surface area (Å²) in [4.78, 5) is 2.48. The van der Waals surface area contributed by atoms with Crippen LogP contribution < -0.4 is 5.32 Å². The first kappa shape index (κ1) is 22.0. The topological polar surface area (TPSA) is 35.5 Å². The molecule has 0 amide bonds. The Morgan fingerprint density at radius 2 is 1.79 bits per heavy atom. The molecule has 6 heteroatoms. The Morgan fingerprint density at radius 1 is 1.12 bits per heavy atom. The first-order valence-corrected chi connectivity index (χ1v) is 8.96. The van der Waals surface area contributed by atoms with E-state index in [2.05, 4.69) is 16.3 Å². The van der Waals surface area contributed by atoms with Crippen LogP contribution in [0.15, 0.2) is 24.3 Å². The molecule has 1 heterocycles. The van der Waals surface area contributed by atoms with Crippen molar-refractivity contribution in [2.24, 2.45) is 0 Å². The molecule has 138 valence electrons. The van der Waals surface area contributed by atoms with Crippen molar-refractivity contribution in [2.45, 2.75) is 43.6 Å². The van der Waals surface area contributed by atoms with Crippen LogP contribution >= 0.6 is 36.4 Å². The quantitative estimate of drug-likeness (QED) is 0.812. The largest absolute Gasteiger partial charge is 0.389 e. The third kappa shape index (κ3) is 5.48. The Hall–Kier alpha value is -0.0300. The molecule has 0 aromatic heterocycles. The number of piperazine rings is 1. The Balaban J connectivity index is 0.00000144. The third-order valence-electron chi connectivity index (χ3n) is 5.27. The highest BCUT2D eigenvalue weighted by atomic mass is 35.5. The van der Waals surface area contributed by atoms with Crippen molar-refractivity contribution in [2.75, 3.05) is 32.7 Å². The number of rotatable bonds is 4. The van der Waals surface area contributed by atoms with Crippen LogP contribution in [0.2, 0.25) is 5.02 Å². The molecule has 1 aliphatic carbocycles. The van der Waals surface area contributed by atoms with Gasteiger partial charge in [0, 0.05) is 43.7 Å². The monoisotopic (exact) mass is 394 g/mol. The molecule has 1 aromatic carbocycles. The van der Waals surface area contributed by atoms with Gasteiger partial charge in [0.2, 0.25) is 0 Å². The van der Waals surface area contributed by atoms with Gasteiger partial charge in [-0.25, -0.2) is 0 Å². The molecule has 1 aliphatic heterocycles. The van der Waals surface area contributed by atoms with Crippen molar-refractivity contribution in [3.05, 3.63) is 34.9 Å². The van der Waals surface area contributed by atoms with Gasteiger partial charge in [0.05, 0.1) is 5.60 Å². The summed E-state index contributed by atoms with van der Waals surface area (Å²) in [7, 11) is 0. The molecule has 1 atom stereocenters. The highest BCUT2D eigenvalue weighted by molar-refractivity contribution is 6.30. The number of halogens is 3. The summed E-state index contributed by atoms with van der Waals surface area (Å²) in [6.07, 6.45) is 5.34. The molecule has 1 aromatic rings. The molecule has 0 bridgehead atoms. The van der Waals surface area contributed by atoms with Gasteiger partial charge in [-0.1, -0.05) is 43.0 Å². The van der Waals surface area contributed by atoms with Crippen molar-refractivity contribution < 1.29 is 5.11 Å². The normalized spacial score (nSPS) is 22.1. The van der Waals surface area contributed by atoms with E-state index in [0.717, 1.165) is 63.4 Å². The molecule has 24 heavy (non-hydrogen) atoms. The van der Waals surface area contributed by atoms with Gasteiger partial charge >= 0.3 is 0 Å². The van der Waals surface area contributed by atoms with Crippen LogP contribution in [0.25, 0.3) is 0 Å². The fourth-order valence-corrected chi connectivity index (χ4v) is 4.17. The number of hydrogen-bond acceptors (Lipinski definition) is 3. The lowest BCUT2D eigenvalue weighted by Gasteiger charge is -2.42. The second kappa shape index (κ2) is 10.2. The second-order valence-electron chi connectivity index (χ2n) is 6.82. The zero-order valence-corrected chi connectivity index (χ0v) is 16.4. The predicted octanol–water partition coefficient (Wildman–Crippen LogP) is 3.87. The van der Waals surface area contributed by atoms with Gasteiger partial charge in [0.15, 0.2) is 0 Å². The molecule has 3 rings (SSSR count). The van der Waals surface area contributed by atoms with E-state index in [-0.39, 0.29) is 30.7 Å². The first-order chi connectivity index (χ1) is 10.7. The predicted molar refractivity (Wildman–Crippen MR) is 106 cm³/mol. The molecule has 0 unspecified atom stereocenters. The Morgan fingerprint density at radius 3 is 2.42 bits per heavy atom. The van der Waals surface area contributed by atoms with Crippen molar-refractivity contribution in [1.29, 1.82) is 0 Å². The number of aliphatic hydroxyl groups is 1. The Labute approximate surface area is 163 Å². The van der Waals surface area contributed by atoms with Gasteiger partial charge in [-0.2, -0.15) is 0 Å². The molecule has 0 radical (unpaired) electrons. The van der Waals surface area contributed by atoms with E-state index in [0.29, 0.717) is 0 Å². The van der Waals surface area contributed by atoms with Crippen LogP contribution in [-0.4, -0.2) is 48.3 Å². The lowest BCUT2D eigenvalue weighted by Crippen LogP contribution is -2.49. The Kier molecular flexibility index (Phi) is 9.35. The van der Waals surface area contributed by atoms with Crippen molar-refractivity contribution >= 4 is 36.4 Å². The lowest BCUT2D eigenvalue weighted by molar-refractivity contribution is -0.0316. The maximum atomic E-state index is 11.3. The van der Waals surface area contributed by atoms with Gasteiger partial charge in [0.1, 0.15) is 0 Å². The average Bonchev–Trinajstić information content (AvgIpc) is 2.54. The first-order valence-electron chi connectivity index (χ1n) is 8.58. The van der Waals surface area contributed by atoms with Crippen LogP contribution in [0, 0.1) is 0 Å². The van der Waals surface area contributed by atoms with E-state index >= 15 is 0 Å². The molecule has 1 saturated carbocycles. The standard InChI is InChI=1S/C18H27ClN2O.2ClH/c19-16-6-4-5-15(13-16)17(14-21-11-9-20-10-12-21)18(22)7-2-1-3-8-18;;/h4-6,13,17,20,22H,1-3,7-12,14H2;2*1H/t17-;;/m0../s1. The number of hydrogen-bond donors (Lipinski definition) is 2. The number of nitrogens with zero attached hydrogens (tertiary/aromatic N) is 1. The van der Waals surface area contributed by atoms with E-state index in [4.69, 9.17) is 11.6 Å². The van der Waals surface area contributed by atoms with Crippen LogP contribution in [0.3, 0.4) is 0 Å². The van der Waals surface area contributed by atoms with E-state index in [9.17, 15) is 5.11 Å². The number of nitrogens with one attached hydrogen (secondary N) is 1. The zero-order valence-electron chi connectivity index (χ0n) is 14.0. The van der Waals surface area contributed by atoms with Crippen LogP contribution in [0.5, 0.6) is 0 Å². The summed E-state index contributed by atoms with van der Waals surface area (Å²) in [6.45, 7) is 5.14. The van der Waals surface area contributed by atoms with Crippen molar-refractivity contribution in [1.82, 2.24) is 10.2 Å². The van der Waals surface area contributed by atoms with E-state index in [1.165, 1.54) is 12.0 Å². The summed E-state index contributed by atoms with van der Waals surface area (Å²) in [6, 6.07) is 8.10. The number of benzene rings is 1. The van der Waals surface area contributed by atoms with Crippen LogP contribution in [0.4, 0.5) is 0 Å². The summed E-state index contributed by atoms with van der Waals surface area (Å²) in [5, 5.41) is 15.5. The molecule has 2 N–H and O–H groups in total. The lowest BCUT2D eigenvalue weighted by atomic mass is 9.72. The summed E-state index contributed by atoms with van der Waals surface area (Å²) in [5.74, 6) is 0.157. The van der Waals surface area contributed by atoms with E-state index in [1.807, 2.05) is 18.2 Å². The minimum atomic E-state index is -0.576. The van der Waals surface area contributed by atoms with Crippen LogP contribution in [0.1, 0.15) is 43.6 Å². The maximum Gasteiger partial charge on any atom is 0.0728 e. The van der Waals surface area contributed by atoms with Crippen molar-refractivity contribution in [3.8, 4) is 0 Å². The van der Waals surface area contributed by atoms with Gasteiger partial charge in [0.25, 0.3) is 0 Å².